The lowest BCUT2D eigenvalue weighted by atomic mass is 10.0. The van der Waals surface area contributed by atoms with E-state index in [4.69, 9.17) is 5.84 Å². The Morgan fingerprint density at radius 2 is 2.00 bits per heavy atom. The molecule has 1 atom stereocenters. The lowest BCUT2D eigenvalue weighted by Crippen LogP contribution is -2.28. The number of rotatable bonds is 7. The van der Waals surface area contributed by atoms with E-state index < -0.39 is 6.61 Å². The summed E-state index contributed by atoms with van der Waals surface area (Å²) in [4.78, 5) is 0. The third-order valence-electron chi connectivity index (χ3n) is 3.32. The first-order valence-corrected chi connectivity index (χ1v) is 6.58. The first kappa shape index (κ1) is 15.4. The van der Waals surface area contributed by atoms with Gasteiger partial charge in [0.2, 0.25) is 0 Å². The number of halogens is 2. The minimum Gasteiger partial charge on any atom is -0.435 e. The van der Waals surface area contributed by atoms with E-state index in [0.717, 1.165) is 24.1 Å². The number of nitrogens with zero attached hydrogens (tertiary/aromatic N) is 2. The Labute approximate surface area is 121 Å². The summed E-state index contributed by atoms with van der Waals surface area (Å²) in [6.07, 6.45) is 3.32. The van der Waals surface area contributed by atoms with Gasteiger partial charge in [-0.25, -0.2) is 0 Å². The number of aromatic nitrogens is 2. The molecule has 1 aromatic carbocycles. The summed E-state index contributed by atoms with van der Waals surface area (Å²) in [5, 5.41) is 4.11. The number of ether oxygens (including phenoxy) is 1. The first-order chi connectivity index (χ1) is 10.1. The molecule has 21 heavy (non-hydrogen) atoms. The fourth-order valence-corrected chi connectivity index (χ4v) is 2.17. The van der Waals surface area contributed by atoms with E-state index in [-0.39, 0.29) is 11.8 Å². The largest absolute Gasteiger partial charge is 0.435 e. The van der Waals surface area contributed by atoms with Gasteiger partial charge in [0, 0.05) is 25.0 Å². The zero-order chi connectivity index (χ0) is 15.2. The molecule has 0 saturated heterocycles. The van der Waals surface area contributed by atoms with Gasteiger partial charge in [-0.15, -0.1) is 0 Å². The summed E-state index contributed by atoms with van der Waals surface area (Å²) >= 11 is 0. The maximum Gasteiger partial charge on any atom is 0.387 e. The molecule has 1 heterocycles. The van der Waals surface area contributed by atoms with Gasteiger partial charge in [-0.05, 0) is 36.6 Å². The summed E-state index contributed by atoms with van der Waals surface area (Å²) in [6.45, 7) is -2.82. The van der Waals surface area contributed by atoms with Crippen LogP contribution in [0, 0.1) is 0 Å². The molecule has 0 aliphatic heterocycles. The van der Waals surface area contributed by atoms with Crippen LogP contribution in [0.4, 0.5) is 8.78 Å². The predicted molar refractivity (Wildman–Crippen MR) is 74.7 cm³/mol. The minimum absolute atomic E-state index is 0.0690. The number of benzene rings is 1. The van der Waals surface area contributed by atoms with E-state index in [9.17, 15) is 8.78 Å². The van der Waals surface area contributed by atoms with Crippen molar-refractivity contribution < 1.29 is 13.5 Å². The van der Waals surface area contributed by atoms with Crippen LogP contribution in [0.5, 0.6) is 5.75 Å². The number of nitrogens with one attached hydrogen (secondary N) is 1. The molecule has 5 nitrogen and oxygen atoms in total. The maximum atomic E-state index is 12.1. The number of hydrogen-bond donors (Lipinski definition) is 2. The highest BCUT2D eigenvalue weighted by molar-refractivity contribution is 5.29. The molecule has 0 bridgehead atoms. The molecule has 1 unspecified atom stereocenters. The molecule has 114 valence electrons. The van der Waals surface area contributed by atoms with Crippen LogP contribution < -0.4 is 16.0 Å². The van der Waals surface area contributed by atoms with Crippen molar-refractivity contribution in [2.75, 3.05) is 0 Å². The van der Waals surface area contributed by atoms with Crippen molar-refractivity contribution in [3.8, 4) is 5.75 Å². The van der Waals surface area contributed by atoms with Crippen molar-refractivity contribution in [2.24, 2.45) is 12.9 Å². The van der Waals surface area contributed by atoms with Gasteiger partial charge < -0.3 is 4.74 Å². The highest BCUT2D eigenvalue weighted by atomic mass is 19.3. The molecule has 1 aromatic heterocycles. The summed E-state index contributed by atoms with van der Waals surface area (Å²) < 4.78 is 30.3. The van der Waals surface area contributed by atoms with Crippen molar-refractivity contribution in [1.29, 1.82) is 0 Å². The van der Waals surface area contributed by atoms with Crippen LogP contribution in [-0.4, -0.2) is 16.4 Å². The zero-order valence-electron chi connectivity index (χ0n) is 11.7. The molecule has 0 aliphatic rings. The lowest BCUT2D eigenvalue weighted by molar-refractivity contribution is -0.0498. The van der Waals surface area contributed by atoms with Crippen LogP contribution in [0.1, 0.15) is 23.7 Å². The smallest absolute Gasteiger partial charge is 0.387 e. The quantitative estimate of drug-likeness (QED) is 0.607. The number of hydrogen-bond acceptors (Lipinski definition) is 4. The normalized spacial score (nSPS) is 12.6. The SMILES string of the molecule is Cn1nccc1CCC(NN)c1ccc(OC(F)F)cc1. The Morgan fingerprint density at radius 1 is 1.29 bits per heavy atom. The topological polar surface area (TPSA) is 65.1 Å². The zero-order valence-corrected chi connectivity index (χ0v) is 11.7. The van der Waals surface area contributed by atoms with Gasteiger partial charge in [-0.3, -0.25) is 16.0 Å². The number of aryl methyl sites for hydroxylation is 2. The van der Waals surface area contributed by atoms with Gasteiger partial charge in [-0.1, -0.05) is 12.1 Å². The highest BCUT2D eigenvalue weighted by Gasteiger charge is 2.12. The van der Waals surface area contributed by atoms with Crippen LogP contribution >= 0.6 is 0 Å². The van der Waals surface area contributed by atoms with Crippen LogP contribution in [-0.2, 0) is 13.5 Å². The fourth-order valence-electron chi connectivity index (χ4n) is 2.17. The molecule has 7 heteroatoms. The Kier molecular flexibility index (Phi) is 5.24. The molecular formula is C14H18F2N4O. The molecule has 0 fully saturated rings. The van der Waals surface area contributed by atoms with E-state index in [1.54, 1.807) is 18.3 Å². The van der Waals surface area contributed by atoms with Crippen LogP contribution in [0.2, 0.25) is 0 Å². The Balaban J connectivity index is 1.98. The molecule has 0 aliphatic carbocycles. The van der Waals surface area contributed by atoms with Crippen molar-refractivity contribution in [2.45, 2.75) is 25.5 Å². The average Bonchev–Trinajstić information content (AvgIpc) is 2.86. The van der Waals surface area contributed by atoms with E-state index in [1.807, 2.05) is 17.8 Å². The Morgan fingerprint density at radius 3 is 2.52 bits per heavy atom. The van der Waals surface area contributed by atoms with Gasteiger partial charge >= 0.3 is 6.61 Å². The molecule has 2 rings (SSSR count). The molecule has 3 N–H and O–H groups in total. The van der Waals surface area contributed by atoms with E-state index in [1.165, 1.54) is 12.1 Å². The number of nitrogens with two attached hydrogens (primary N) is 1. The van der Waals surface area contributed by atoms with Gasteiger partial charge in [0.05, 0.1) is 0 Å². The van der Waals surface area contributed by atoms with Gasteiger partial charge in [0.15, 0.2) is 0 Å². The molecule has 0 saturated carbocycles. The fraction of sp³-hybridized carbons (Fsp3) is 0.357. The molecular weight excluding hydrogens is 278 g/mol. The van der Waals surface area contributed by atoms with E-state index >= 15 is 0 Å². The third kappa shape index (κ3) is 4.24. The molecule has 2 aromatic rings. The predicted octanol–water partition coefficient (Wildman–Crippen LogP) is 2.16. The Bertz CT molecular complexity index is 556. The van der Waals surface area contributed by atoms with Gasteiger partial charge in [0.1, 0.15) is 5.75 Å². The van der Waals surface area contributed by atoms with Gasteiger partial charge in [0.25, 0.3) is 0 Å². The third-order valence-corrected chi connectivity index (χ3v) is 3.32. The van der Waals surface area contributed by atoms with E-state index in [0.29, 0.717) is 0 Å². The van der Waals surface area contributed by atoms with Crippen LogP contribution in [0.25, 0.3) is 0 Å². The summed E-state index contributed by atoms with van der Waals surface area (Å²) in [7, 11) is 1.89. The van der Waals surface area contributed by atoms with E-state index in [2.05, 4.69) is 15.3 Å². The average molecular weight is 296 g/mol. The summed E-state index contributed by atoms with van der Waals surface area (Å²) in [6, 6.07) is 8.36. The number of alkyl halides is 2. The second kappa shape index (κ2) is 7.14. The van der Waals surface area contributed by atoms with Crippen molar-refractivity contribution in [1.82, 2.24) is 15.2 Å². The molecule has 0 amide bonds. The Hall–Kier alpha value is -1.99. The van der Waals surface area contributed by atoms with Crippen molar-refractivity contribution in [3.05, 3.63) is 47.8 Å². The standard InChI is InChI=1S/C14H18F2N4O/c1-20-11(8-9-18-20)4-7-13(19-17)10-2-5-12(6-3-10)21-14(15)16/h2-3,5-6,8-9,13-14,19H,4,7,17H2,1H3. The molecule has 0 spiro atoms. The van der Waals surface area contributed by atoms with Crippen LogP contribution in [0.15, 0.2) is 36.5 Å². The highest BCUT2D eigenvalue weighted by Crippen LogP contribution is 2.22. The van der Waals surface area contributed by atoms with Crippen molar-refractivity contribution >= 4 is 0 Å². The second-order valence-corrected chi connectivity index (χ2v) is 4.65. The monoisotopic (exact) mass is 296 g/mol. The minimum atomic E-state index is -2.82. The first-order valence-electron chi connectivity index (χ1n) is 6.58. The second-order valence-electron chi connectivity index (χ2n) is 4.65. The van der Waals surface area contributed by atoms with Gasteiger partial charge in [-0.2, -0.15) is 13.9 Å². The number of hydrazine groups is 1. The summed E-state index contributed by atoms with van der Waals surface area (Å²) in [5.74, 6) is 5.71. The summed E-state index contributed by atoms with van der Waals surface area (Å²) in [5.41, 5.74) is 4.76. The maximum absolute atomic E-state index is 12.1. The van der Waals surface area contributed by atoms with Crippen molar-refractivity contribution in [3.63, 3.8) is 0 Å². The van der Waals surface area contributed by atoms with Crippen LogP contribution in [0.3, 0.4) is 0 Å². The lowest BCUT2D eigenvalue weighted by Gasteiger charge is -2.17. The molecule has 0 radical (unpaired) electrons.